The van der Waals surface area contributed by atoms with E-state index < -0.39 is 18.5 Å². The van der Waals surface area contributed by atoms with Gasteiger partial charge in [-0.15, -0.1) is 0 Å². The van der Waals surface area contributed by atoms with Crippen LogP contribution in [0.2, 0.25) is 5.02 Å². The summed E-state index contributed by atoms with van der Waals surface area (Å²) >= 11 is 5.84. The average Bonchev–Trinajstić information content (AvgIpc) is 3.33. The van der Waals surface area contributed by atoms with Gasteiger partial charge in [0.05, 0.1) is 5.92 Å². The van der Waals surface area contributed by atoms with Crippen LogP contribution in [0.4, 0.5) is 11.4 Å². The number of carbonyl (C=O) groups excluding carboxylic acids is 4. The molecule has 38 heavy (non-hydrogen) atoms. The molecule has 1 N–H and O–H groups in total. The summed E-state index contributed by atoms with van der Waals surface area (Å²) in [6.07, 6.45) is 1.54. The molecule has 0 saturated carbocycles. The molecule has 1 saturated heterocycles. The van der Waals surface area contributed by atoms with Crippen LogP contribution in [0.15, 0.2) is 66.7 Å². The van der Waals surface area contributed by atoms with E-state index in [1.165, 1.54) is 4.90 Å². The number of benzene rings is 3. The number of nitrogens with one attached hydrogen (secondary N) is 1. The Morgan fingerprint density at radius 2 is 1.61 bits per heavy atom. The molecular formula is C30H29ClN2O5. The fraction of sp³-hybridized carbons (Fsp3) is 0.267. The molecule has 7 nitrogen and oxygen atoms in total. The Balaban J connectivity index is 1.41. The summed E-state index contributed by atoms with van der Waals surface area (Å²) in [4.78, 5) is 52.3. The number of rotatable bonds is 9. The fourth-order valence-corrected chi connectivity index (χ4v) is 4.62. The highest BCUT2D eigenvalue weighted by molar-refractivity contribution is 6.30. The van der Waals surface area contributed by atoms with Gasteiger partial charge in [-0.25, -0.2) is 0 Å². The molecular weight excluding hydrogens is 504 g/mol. The first kappa shape index (κ1) is 27.1. The summed E-state index contributed by atoms with van der Waals surface area (Å²) in [6, 6.07) is 19.0. The van der Waals surface area contributed by atoms with Gasteiger partial charge in [0.15, 0.2) is 12.4 Å². The molecule has 8 heteroatoms. The Hall–Kier alpha value is -3.97. The summed E-state index contributed by atoms with van der Waals surface area (Å²) in [5.74, 6) is -2.20. The van der Waals surface area contributed by atoms with Gasteiger partial charge in [0, 0.05) is 40.5 Å². The van der Waals surface area contributed by atoms with Crippen LogP contribution >= 0.6 is 11.6 Å². The quantitative estimate of drug-likeness (QED) is 0.290. The molecule has 4 rings (SSSR count). The van der Waals surface area contributed by atoms with Crippen molar-refractivity contribution in [3.8, 4) is 0 Å². The van der Waals surface area contributed by atoms with Gasteiger partial charge < -0.3 is 15.0 Å². The second-order valence-corrected chi connectivity index (χ2v) is 9.54. The minimum atomic E-state index is -0.707. The zero-order valence-corrected chi connectivity index (χ0v) is 22.1. The second kappa shape index (κ2) is 12.0. The van der Waals surface area contributed by atoms with Crippen molar-refractivity contribution in [3.05, 3.63) is 94.0 Å². The fourth-order valence-electron chi connectivity index (χ4n) is 4.49. The number of nitrogens with zero attached hydrogens (tertiary/aromatic N) is 1. The molecule has 3 aromatic rings. The van der Waals surface area contributed by atoms with Gasteiger partial charge in [0.1, 0.15) is 0 Å². The lowest BCUT2D eigenvalue weighted by molar-refractivity contribution is -0.147. The number of ketones is 1. The highest BCUT2D eigenvalue weighted by Crippen LogP contribution is 2.28. The monoisotopic (exact) mass is 532 g/mol. The number of ether oxygens (including phenoxy) is 1. The first-order valence-electron chi connectivity index (χ1n) is 12.6. The number of anilines is 2. The zero-order chi connectivity index (χ0) is 27.2. The van der Waals surface area contributed by atoms with Crippen LogP contribution in [0.1, 0.15) is 52.1 Å². The van der Waals surface area contributed by atoms with Crippen molar-refractivity contribution in [1.29, 1.82) is 0 Å². The molecule has 2 amide bonds. The molecule has 196 valence electrons. The number of amides is 2. The number of esters is 1. The van der Waals surface area contributed by atoms with Crippen LogP contribution in [0, 0.1) is 5.92 Å². The molecule has 1 heterocycles. The maximum atomic E-state index is 13.1. The number of Topliss-reactive ketones (excluding diaryl/α,β-unsaturated/α-hetero) is 1. The van der Waals surface area contributed by atoms with Crippen molar-refractivity contribution in [1.82, 2.24) is 0 Å². The topological polar surface area (TPSA) is 92.8 Å². The van der Waals surface area contributed by atoms with E-state index in [-0.39, 0.29) is 30.6 Å². The van der Waals surface area contributed by atoms with Crippen LogP contribution in [0.25, 0.3) is 0 Å². The summed E-state index contributed by atoms with van der Waals surface area (Å²) in [6.45, 7) is 3.77. The van der Waals surface area contributed by atoms with Crippen molar-refractivity contribution in [2.24, 2.45) is 5.92 Å². The Bertz CT molecular complexity index is 1350. The summed E-state index contributed by atoms with van der Waals surface area (Å²) < 4.78 is 5.21. The Morgan fingerprint density at radius 1 is 0.947 bits per heavy atom. The molecule has 1 unspecified atom stereocenters. The summed E-state index contributed by atoms with van der Waals surface area (Å²) in [5, 5.41) is 3.54. The van der Waals surface area contributed by atoms with Crippen molar-refractivity contribution < 1.29 is 23.9 Å². The van der Waals surface area contributed by atoms with Crippen LogP contribution in [-0.4, -0.2) is 36.7 Å². The van der Waals surface area contributed by atoms with Crippen molar-refractivity contribution >= 4 is 46.5 Å². The van der Waals surface area contributed by atoms with Crippen LogP contribution in [0.5, 0.6) is 0 Å². The standard InChI is InChI=1S/C30H29ClN2O5/c1-3-19-7-5-8-20(4-2)28(19)32-29(36)22-9-6-10-25(15-22)33-17-23(16-27(33)35)30(37)38-18-26(34)21-11-13-24(31)14-12-21/h5-15,23H,3-4,16-18H2,1-2H3,(H,32,36). The Morgan fingerprint density at radius 3 is 2.26 bits per heavy atom. The van der Waals surface area contributed by atoms with Crippen molar-refractivity contribution in [2.45, 2.75) is 33.1 Å². The molecule has 1 atom stereocenters. The normalized spacial score (nSPS) is 14.9. The molecule has 1 fully saturated rings. The number of halogens is 1. The van der Waals surface area contributed by atoms with Crippen LogP contribution in [0.3, 0.4) is 0 Å². The number of carbonyl (C=O) groups is 4. The molecule has 1 aliphatic rings. The average molecular weight is 533 g/mol. The van der Waals surface area contributed by atoms with E-state index in [4.69, 9.17) is 16.3 Å². The molecule has 0 aliphatic carbocycles. The van der Waals surface area contributed by atoms with Gasteiger partial charge in [0.2, 0.25) is 5.91 Å². The predicted octanol–water partition coefficient (Wildman–Crippen LogP) is 5.50. The van der Waals surface area contributed by atoms with Gasteiger partial charge in [-0.05, 0) is 66.4 Å². The zero-order valence-electron chi connectivity index (χ0n) is 21.3. The van der Waals surface area contributed by atoms with E-state index in [1.807, 2.05) is 32.0 Å². The SMILES string of the molecule is CCc1cccc(CC)c1NC(=O)c1cccc(N2CC(C(=O)OCC(=O)c3ccc(Cl)cc3)CC2=O)c1. The van der Waals surface area contributed by atoms with E-state index in [1.54, 1.807) is 48.5 Å². The maximum Gasteiger partial charge on any atom is 0.311 e. The van der Waals surface area contributed by atoms with Gasteiger partial charge in [-0.2, -0.15) is 0 Å². The molecule has 0 spiro atoms. The van der Waals surface area contributed by atoms with E-state index in [0.29, 0.717) is 21.8 Å². The minimum Gasteiger partial charge on any atom is -0.457 e. The number of aryl methyl sites for hydroxylation is 2. The number of hydrogen-bond donors (Lipinski definition) is 1. The number of hydrogen-bond acceptors (Lipinski definition) is 5. The highest BCUT2D eigenvalue weighted by Gasteiger charge is 2.36. The molecule has 3 aromatic carbocycles. The van der Waals surface area contributed by atoms with Crippen molar-refractivity contribution in [2.75, 3.05) is 23.4 Å². The largest absolute Gasteiger partial charge is 0.457 e. The summed E-state index contributed by atoms with van der Waals surface area (Å²) in [5.41, 5.74) is 4.24. The van der Waals surface area contributed by atoms with Gasteiger partial charge in [-0.3, -0.25) is 19.2 Å². The molecule has 0 aromatic heterocycles. The second-order valence-electron chi connectivity index (χ2n) is 9.11. The van der Waals surface area contributed by atoms with E-state index >= 15 is 0 Å². The third kappa shape index (κ3) is 6.11. The van der Waals surface area contributed by atoms with E-state index in [2.05, 4.69) is 5.32 Å². The lowest BCUT2D eigenvalue weighted by atomic mass is 10.0. The third-order valence-corrected chi connectivity index (χ3v) is 6.88. The molecule has 0 bridgehead atoms. The smallest absolute Gasteiger partial charge is 0.311 e. The van der Waals surface area contributed by atoms with E-state index in [0.717, 1.165) is 29.7 Å². The highest BCUT2D eigenvalue weighted by atomic mass is 35.5. The third-order valence-electron chi connectivity index (χ3n) is 6.63. The number of para-hydroxylation sites is 1. The summed E-state index contributed by atoms with van der Waals surface area (Å²) in [7, 11) is 0. The van der Waals surface area contributed by atoms with Crippen LogP contribution < -0.4 is 10.2 Å². The lowest BCUT2D eigenvalue weighted by Crippen LogP contribution is -2.27. The molecule has 0 radical (unpaired) electrons. The van der Waals surface area contributed by atoms with E-state index in [9.17, 15) is 19.2 Å². The van der Waals surface area contributed by atoms with Crippen LogP contribution in [-0.2, 0) is 27.2 Å². The Kier molecular flexibility index (Phi) is 8.59. The first-order chi connectivity index (χ1) is 18.3. The van der Waals surface area contributed by atoms with Gasteiger partial charge in [0.25, 0.3) is 5.91 Å². The first-order valence-corrected chi connectivity index (χ1v) is 13.0. The minimum absolute atomic E-state index is 0.0336. The van der Waals surface area contributed by atoms with Gasteiger partial charge >= 0.3 is 5.97 Å². The molecule has 1 aliphatic heterocycles. The van der Waals surface area contributed by atoms with Gasteiger partial charge in [-0.1, -0.05) is 49.7 Å². The van der Waals surface area contributed by atoms with Crippen molar-refractivity contribution in [3.63, 3.8) is 0 Å². The maximum absolute atomic E-state index is 13.1. The Labute approximate surface area is 226 Å². The lowest BCUT2D eigenvalue weighted by Gasteiger charge is -2.18. The predicted molar refractivity (Wildman–Crippen MR) is 147 cm³/mol.